The zero-order valence-corrected chi connectivity index (χ0v) is 16.3. The number of benzene rings is 1. The van der Waals surface area contributed by atoms with Crippen LogP contribution >= 0.6 is 0 Å². The van der Waals surface area contributed by atoms with Crippen LogP contribution in [0.2, 0.25) is 0 Å². The normalized spacial score (nSPS) is 20.0. The molecule has 1 aliphatic heterocycles. The van der Waals surface area contributed by atoms with Gasteiger partial charge in [-0.05, 0) is 44.5 Å². The molecule has 148 valence electrons. The van der Waals surface area contributed by atoms with Crippen molar-refractivity contribution >= 4 is 11.9 Å². The van der Waals surface area contributed by atoms with E-state index in [4.69, 9.17) is 0 Å². The molecular weight excluding hydrogens is 356 g/mol. The molecule has 1 saturated carbocycles. The van der Waals surface area contributed by atoms with Gasteiger partial charge in [-0.2, -0.15) is 5.10 Å². The molecule has 1 spiro atoms. The van der Waals surface area contributed by atoms with Crippen LogP contribution in [0.15, 0.2) is 36.9 Å². The Labute approximate surface area is 164 Å². The van der Waals surface area contributed by atoms with Crippen LogP contribution in [0.3, 0.4) is 0 Å². The Morgan fingerprint density at radius 2 is 1.89 bits per heavy atom. The number of nitrogens with one attached hydrogen (secondary N) is 1. The number of nitrogens with zero attached hydrogens (tertiary/aromatic N) is 5. The molecule has 1 aromatic heterocycles. The summed E-state index contributed by atoms with van der Waals surface area (Å²) in [7, 11) is 1.93. The number of amides is 3. The molecule has 1 aromatic carbocycles. The first kappa shape index (κ1) is 18.6. The summed E-state index contributed by atoms with van der Waals surface area (Å²) in [6, 6.07) is 7.82. The molecule has 0 bridgehead atoms. The minimum atomic E-state index is -0.668. The number of hydrogen-bond acceptors (Lipinski definition) is 5. The average Bonchev–Trinajstić information content (AvgIpc) is 3.32. The minimum Gasteiger partial charge on any atom is -0.323 e. The highest BCUT2D eigenvalue weighted by molar-refractivity contribution is 6.07. The predicted octanol–water partition coefficient (Wildman–Crippen LogP) is 2.47. The lowest BCUT2D eigenvalue weighted by Crippen LogP contribution is -2.49. The first-order valence-electron chi connectivity index (χ1n) is 9.79. The molecule has 28 heavy (non-hydrogen) atoms. The van der Waals surface area contributed by atoms with Crippen LogP contribution in [-0.2, 0) is 4.79 Å². The molecule has 2 aromatic rings. The van der Waals surface area contributed by atoms with Gasteiger partial charge in [0.25, 0.3) is 5.91 Å². The summed E-state index contributed by atoms with van der Waals surface area (Å²) in [5, 5.41) is 7.10. The van der Waals surface area contributed by atoms with Gasteiger partial charge in [0, 0.05) is 6.04 Å². The van der Waals surface area contributed by atoms with Gasteiger partial charge in [-0.1, -0.05) is 31.4 Å². The lowest BCUT2D eigenvalue weighted by atomic mass is 9.82. The maximum absolute atomic E-state index is 13.0. The van der Waals surface area contributed by atoms with Crippen LogP contribution in [0.4, 0.5) is 4.79 Å². The number of aromatic nitrogens is 3. The van der Waals surface area contributed by atoms with Crippen LogP contribution in [0, 0.1) is 0 Å². The summed E-state index contributed by atoms with van der Waals surface area (Å²) in [6.07, 6.45) is 7.76. The fourth-order valence-corrected chi connectivity index (χ4v) is 4.15. The van der Waals surface area contributed by atoms with E-state index in [0.29, 0.717) is 0 Å². The number of rotatable bonds is 5. The molecule has 1 aliphatic carbocycles. The summed E-state index contributed by atoms with van der Waals surface area (Å²) in [6.45, 7) is 2.34. The molecule has 1 saturated heterocycles. The highest BCUT2D eigenvalue weighted by Crippen LogP contribution is 2.34. The lowest BCUT2D eigenvalue weighted by Gasteiger charge is -2.32. The molecule has 1 N–H and O–H groups in total. The Morgan fingerprint density at radius 1 is 1.18 bits per heavy atom. The zero-order valence-electron chi connectivity index (χ0n) is 16.3. The monoisotopic (exact) mass is 382 g/mol. The van der Waals surface area contributed by atoms with Gasteiger partial charge in [0.2, 0.25) is 0 Å². The number of imide groups is 1. The molecule has 2 heterocycles. The largest absolute Gasteiger partial charge is 0.326 e. The lowest BCUT2D eigenvalue weighted by molar-refractivity contribution is -0.134. The third kappa shape index (κ3) is 3.28. The average molecular weight is 382 g/mol. The number of hydrogen-bond donors (Lipinski definition) is 1. The summed E-state index contributed by atoms with van der Waals surface area (Å²) in [5.41, 5.74) is 1.37. The van der Waals surface area contributed by atoms with Crippen molar-refractivity contribution in [2.45, 2.75) is 50.6 Å². The van der Waals surface area contributed by atoms with E-state index in [2.05, 4.69) is 22.3 Å². The van der Waals surface area contributed by atoms with E-state index in [9.17, 15) is 9.59 Å². The first-order valence-corrected chi connectivity index (χ1v) is 9.79. The van der Waals surface area contributed by atoms with Crippen LogP contribution in [-0.4, -0.2) is 55.8 Å². The summed E-state index contributed by atoms with van der Waals surface area (Å²) < 4.78 is 1.70. The molecule has 8 heteroatoms. The van der Waals surface area contributed by atoms with Gasteiger partial charge in [0.05, 0.1) is 12.4 Å². The van der Waals surface area contributed by atoms with Crippen LogP contribution in [0.5, 0.6) is 0 Å². The summed E-state index contributed by atoms with van der Waals surface area (Å²) in [4.78, 5) is 32.8. The van der Waals surface area contributed by atoms with Crippen molar-refractivity contribution in [3.8, 4) is 5.69 Å². The highest BCUT2D eigenvalue weighted by atomic mass is 16.2. The van der Waals surface area contributed by atoms with E-state index in [1.807, 2.05) is 36.2 Å². The third-order valence-corrected chi connectivity index (χ3v) is 6.04. The van der Waals surface area contributed by atoms with Gasteiger partial charge in [-0.3, -0.25) is 9.69 Å². The van der Waals surface area contributed by atoms with E-state index in [1.54, 1.807) is 11.0 Å². The minimum absolute atomic E-state index is 0.0494. The van der Waals surface area contributed by atoms with E-state index < -0.39 is 5.54 Å². The molecule has 3 amide bonds. The van der Waals surface area contributed by atoms with Crippen molar-refractivity contribution in [3.05, 3.63) is 42.5 Å². The molecule has 8 nitrogen and oxygen atoms in total. The zero-order chi connectivity index (χ0) is 19.7. The second-order valence-electron chi connectivity index (χ2n) is 7.81. The Balaban J connectivity index is 1.43. The number of urea groups is 1. The van der Waals surface area contributed by atoms with Gasteiger partial charge >= 0.3 is 6.03 Å². The molecule has 1 atom stereocenters. The van der Waals surface area contributed by atoms with Crippen molar-refractivity contribution in [1.29, 1.82) is 0 Å². The van der Waals surface area contributed by atoms with Crippen LogP contribution < -0.4 is 5.32 Å². The molecule has 4 rings (SSSR count). The Bertz CT molecular complexity index is 842. The SMILES string of the molecule is C[C@H](c1ccc(-n2cncn2)cc1)N(C)CN1C(=O)NC2(CCCCC2)C1=O. The Kier molecular flexibility index (Phi) is 4.89. The van der Waals surface area contributed by atoms with Crippen molar-refractivity contribution in [1.82, 2.24) is 29.9 Å². The first-order chi connectivity index (χ1) is 13.5. The molecular formula is C20H26N6O2. The van der Waals surface area contributed by atoms with Gasteiger partial charge in [0.15, 0.2) is 0 Å². The molecule has 0 radical (unpaired) electrons. The fourth-order valence-electron chi connectivity index (χ4n) is 4.15. The second kappa shape index (κ2) is 7.35. The number of carbonyl (C=O) groups excluding carboxylic acids is 2. The smallest absolute Gasteiger partial charge is 0.323 e. The van der Waals surface area contributed by atoms with Crippen molar-refractivity contribution in [3.63, 3.8) is 0 Å². The summed E-state index contributed by atoms with van der Waals surface area (Å²) >= 11 is 0. The van der Waals surface area contributed by atoms with Gasteiger partial charge in [-0.25, -0.2) is 19.4 Å². The van der Waals surface area contributed by atoms with Crippen molar-refractivity contribution in [2.75, 3.05) is 13.7 Å². The second-order valence-corrected chi connectivity index (χ2v) is 7.81. The Hall–Kier alpha value is -2.74. The maximum Gasteiger partial charge on any atom is 0.326 e. The van der Waals surface area contributed by atoms with E-state index in [-0.39, 0.29) is 24.6 Å². The molecule has 2 aliphatic rings. The predicted molar refractivity (Wildman–Crippen MR) is 104 cm³/mol. The van der Waals surface area contributed by atoms with E-state index in [0.717, 1.165) is 43.4 Å². The van der Waals surface area contributed by atoms with Crippen LogP contribution in [0.1, 0.15) is 50.6 Å². The topological polar surface area (TPSA) is 83.4 Å². The quantitative estimate of drug-likeness (QED) is 0.803. The Morgan fingerprint density at radius 3 is 2.54 bits per heavy atom. The van der Waals surface area contributed by atoms with Gasteiger partial charge in [0.1, 0.15) is 18.2 Å². The third-order valence-electron chi connectivity index (χ3n) is 6.04. The van der Waals surface area contributed by atoms with Crippen molar-refractivity contribution in [2.24, 2.45) is 0 Å². The standard InChI is InChI=1S/C20H26N6O2/c1-15(16-6-8-17(9-7-16)26-13-21-12-22-26)24(2)14-25-18(27)20(23-19(25)28)10-4-3-5-11-20/h6-9,12-13,15H,3-5,10-11,14H2,1-2H3,(H,23,28)/t15-/m1/s1. The maximum atomic E-state index is 13.0. The van der Waals surface area contributed by atoms with E-state index in [1.165, 1.54) is 11.2 Å². The van der Waals surface area contributed by atoms with Gasteiger partial charge in [-0.15, -0.1) is 0 Å². The van der Waals surface area contributed by atoms with Gasteiger partial charge < -0.3 is 5.32 Å². The van der Waals surface area contributed by atoms with E-state index >= 15 is 0 Å². The summed E-state index contributed by atoms with van der Waals surface area (Å²) in [5.74, 6) is -0.0715. The highest BCUT2D eigenvalue weighted by Gasteiger charge is 2.51. The van der Waals surface area contributed by atoms with Crippen molar-refractivity contribution < 1.29 is 9.59 Å². The number of carbonyl (C=O) groups is 2. The molecule has 2 fully saturated rings. The van der Waals surface area contributed by atoms with Crippen LogP contribution in [0.25, 0.3) is 5.69 Å². The fraction of sp³-hybridized carbons (Fsp3) is 0.500. The molecule has 0 unspecified atom stereocenters.